The topological polar surface area (TPSA) is 12.9 Å². The number of halogens is 1. The van der Waals surface area contributed by atoms with Gasteiger partial charge in [0.15, 0.2) is 0 Å². The van der Waals surface area contributed by atoms with Gasteiger partial charge in [0.1, 0.15) is 0 Å². The maximum atomic E-state index is 5.76. The van der Waals surface area contributed by atoms with Gasteiger partial charge in [0.05, 0.1) is 11.2 Å². The van der Waals surface area contributed by atoms with Gasteiger partial charge in [0.2, 0.25) is 0 Å². The summed E-state index contributed by atoms with van der Waals surface area (Å²) in [5.41, 5.74) is 3.95. The van der Waals surface area contributed by atoms with E-state index in [1.807, 2.05) is 35.2 Å². The highest BCUT2D eigenvalue weighted by molar-refractivity contribution is 7.07. The molecule has 3 heteroatoms. The Morgan fingerprint density at radius 1 is 1.17 bits per heavy atom. The van der Waals surface area contributed by atoms with Gasteiger partial charge in [-0.2, -0.15) is 0 Å². The van der Waals surface area contributed by atoms with Crippen LogP contribution in [0.15, 0.2) is 35.2 Å². The van der Waals surface area contributed by atoms with Gasteiger partial charge in [-0.1, -0.05) is 23.7 Å². The number of benzene rings is 1. The zero-order valence-electron chi connectivity index (χ0n) is 6.20. The average Bonchev–Trinajstić information content (AvgIpc) is 2.58. The Morgan fingerprint density at radius 3 is 2.50 bits per heavy atom. The fourth-order valence-electron chi connectivity index (χ4n) is 0.976. The van der Waals surface area contributed by atoms with E-state index in [9.17, 15) is 0 Å². The molecule has 60 valence electrons. The maximum Gasteiger partial charge on any atom is 0.0811 e. The summed E-state index contributed by atoms with van der Waals surface area (Å²) in [5.74, 6) is 0. The van der Waals surface area contributed by atoms with Crippen LogP contribution in [0.4, 0.5) is 0 Å². The molecule has 0 atom stereocenters. The van der Waals surface area contributed by atoms with Crippen LogP contribution in [0, 0.1) is 0 Å². The smallest absolute Gasteiger partial charge is 0.0811 e. The molecule has 0 aliphatic heterocycles. The monoisotopic (exact) mass is 195 g/mol. The molecule has 0 N–H and O–H groups in total. The van der Waals surface area contributed by atoms with Crippen molar-refractivity contribution in [3.05, 3.63) is 40.2 Å². The van der Waals surface area contributed by atoms with Crippen molar-refractivity contribution in [3.63, 3.8) is 0 Å². The summed E-state index contributed by atoms with van der Waals surface area (Å²) in [6.07, 6.45) is 0. The van der Waals surface area contributed by atoms with Crippen LogP contribution in [0.25, 0.3) is 11.3 Å². The fourth-order valence-corrected chi connectivity index (χ4v) is 1.66. The van der Waals surface area contributed by atoms with Crippen LogP contribution in [0.5, 0.6) is 0 Å². The van der Waals surface area contributed by atoms with E-state index in [4.69, 9.17) is 11.6 Å². The Morgan fingerprint density at radius 2 is 1.92 bits per heavy atom. The van der Waals surface area contributed by atoms with Gasteiger partial charge in [0.25, 0.3) is 0 Å². The molecule has 0 aliphatic carbocycles. The van der Waals surface area contributed by atoms with Crippen LogP contribution in [-0.2, 0) is 0 Å². The van der Waals surface area contributed by atoms with Gasteiger partial charge in [-0.15, -0.1) is 11.3 Å². The highest BCUT2D eigenvalue weighted by atomic mass is 35.5. The second-order valence-corrected chi connectivity index (χ2v) is 3.54. The Bertz CT molecular complexity index is 353. The van der Waals surface area contributed by atoms with Crippen molar-refractivity contribution in [2.45, 2.75) is 0 Å². The van der Waals surface area contributed by atoms with Gasteiger partial charge in [-0.05, 0) is 12.1 Å². The third kappa shape index (κ3) is 1.49. The summed E-state index contributed by atoms with van der Waals surface area (Å²) in [6.45, 7) is 0. The molecule has 12 heavy (non-hydrogen) atoms. The van der Waals surface area contributed by atoms with E-state index in [1.165, 1.54) is 0 Å². The van der Waals surface area contributed by atoms with Crippen molar-refractivity contribution < 1.29 is 0 Å². The molecule has 0 saturated heterocycles. The SMILES string of the molecule is Clc1ccc(-c2cscn2)cc1. The third-order valence-corrected chi connectivity index (χ3v) is 2.41. The molecule has 0 bridgehead atoms. The summed E-state index contributed by atoms with van der Waals surface area (Å²) in [6, 6.07) is 7.68. The molecule has 1 nitrogen and oxygen atoms in total. The Hall–Kier alpha value is -0.860. The number of hydrogen-bond acceptors (Lipinski definition) is 2. The fraction of sp³-hybridized carbons (Fsp3) is 0. The minimum atomic E-state index is 0.758. The van der Waals surface area contributed by atoms with E-state index in [2.05, 4.69) is 4.98 Å². The first-order valence-corrected chi connectivity index (χ1v) is 4.82. The maximum absolute atomic E-state index is 5.76. The average molecular weight is 196 g/mol. The van der Waals surface area contributed by atoms with Crippen LogP contribution in [0.1, 0.15) is 0 Å². The lowest BCUT2D eigenvalue weighted by Crippen LogP contribution is -1.74. The number of hydrogen-bond donors (Lipinski definition) is 0. The standard InChI is InChI=1S/C9H6ClNS/c10-8-3-1-7(2-4-8)9-5-12-6-11-9/h1-6H. The third-order valence-electron chi connectivity index (χ3n) is 1.57. The Balaban J connectivity index is 2.43. The van der Waals surface area contributed by atoms with E-state index >= 15 is 0 Å². The lowest BCUT2D eigenvalue weighted by molar-refractivity contribution is 1.41. The summed E-state index contributed by atoms with van der Waals surface area (Å²) in [7, 11) is 0. The summed E-state index contributed by atoms with van der Waals surface area (Å²) in [4.78, 5) is 4.19. The predicted octanol–water partition coefficient (Wildman–Crippen LogP) is 3.46. The van der Waals surface area contributed by atoms with Crippen LogP contribution in [-0.4, -0.2) is 4.98 Å². The molecule has 0 saturated carbocycles. The zero-order valence-corrected chi connectivity index (χ0v) is 7.77. The first kappa shape index (κ1) is 7.77. The summed E-state index contributed by atoms with van der Waals surface area (Å²) < 4.78 is 0. The Kier molecular flexibility index (Phi) is 2.11. The highest BCUT2D eigenvalue weighted by Crippen LogP contribution is 2.20. The molecule has 1 aromatic carbocycles. The van der Waals surface area contributed by atoms with Crippen molar-refractivity contribution >= 4 is 22.9 Å². The second kappa shape index (κ2) is 3.25. The van der Waals surface area contributed by atoms with Crippen molar-refractivity contribution in [1.29, 1.82) is 0 Å². The quantitative estimate of drug-likeness (QED) is 0.679. The highest BCUT2D eigenvalue weighted by Gasteiger charge is 1.97. The van der Waals surface area contributed by atoms with Gasteiger partial charge >= 0.3 is 0 Å². The van der Waals surface area contributed by atoms with Crippen molar-refractivity contribution in [1.82, 2.24) is 4.98 Å². The zero-order chi connectivity index (χ0) is 8.39. The van der Waals surface area contributed by atoms with Gasteiger partial charge in [-0.3, -0.25) is 0 Å². The van der Waals surface area contributed by atoms with E-state index in [1.54, 1.807) is 11.3 Å². The normalized spacial score (nSPS) is 10.1. The van der Waals surface area contributed by atoms with E-state index < -0.39 is 0 Å². The number of thiazole rings is 1. The predicted molar refractivity (Wildman–Crippen MR) is 52.6 cm³/mol. The van der Waals surface area contributed by atoms with Crippen LogP contribution in [0.2, 0.25) is 5.02 Å². The number of rotatable bonds is 1. The lowest BCUT2D eigenvalue weighted by atomic mass is 10.2. The molecule has 0 unspecified atom stereocenters. The minimum absolute atomic E-state index is 0.758. The number of aromatic nitrogens is 1. The van der Waals surface area contributed by atoms with E-state index in [-0.39, 0.29) is 0 Å². The number of nitrogens with zero attached hydrogens (tertiary/aromatic N) is 1. The Labute approximate surface area is 79.7 Å². The molecular formula is C9H6ClNS. The first-order chi connectivity index (χ1) is 5.86. The van der Waals surface area contributed by atoms with E-state index in [0.29, 0.717) is 0 Å². The van der Waals surface area contributed by atoms with Gasteiger partial charge in [-0.25, -0.2) is 4.98 Å². The van der Waals surface area contributed by atoms with Gasteiger partial charge < -0.3 is 0 Å². The van der Waals surface area contributed by atoms with E-state index in [0.717, 1.165) is 16.3 Å². The van der Waals surface area contributed by atoms with Gasteiger partial charge in [0, 0.05) is 16.0 Å². The van der Waals surface area contributed by atoms with Crippen molar-refractivity contribution in [2.24, 2.45) is 0 Å². The molecule has 0 radical (unpaired) electrons. The van der Waals surface area contributed by atoms with Crippen molar-refractivity contribution in [2.75, 3.05) is 0 Å². The second-order valence-electron chi connectivity index (χ2n) is 2.38. The molecule has 1 aromatic heterocycles. The molecule has 0 spiro atoms. The largest absolute Gasteiger partial charge is 0.245 e. The molecule has 2 aromatic rings. The molecular weight excluding hydrogens is 190 g/mol. The lowest BCUT2D eigenvalue weighted by Gasteiger charge is -1.94. The van der Waals surface area contributed by atoms with Crippen LogP contribution < -0.4 is 0 Å². The summed E-state index contributed by atoms with van der Waals surface area (Å²) in [5, 5.41) is 2.78. The minimum Gasteiger partial charge on any atom is -0.245 e. The van der Waals surface area contributed by atoms with Crippen molar-refractivity contribution in [3.8, 4) is 11.3 Å². The molecule has 0 aliphatic rings. The summed E-state index contributed by atoms with van der Waals surface area (Å²) >= 11 is 7.35. The molecule has 2 rings (SSSR count). The van der Waals surface area contributed by atoms with Crippen LogP contribution in [0.3, 0.4) is 0 Å². The molecule has 0 fully saturated rings. The first-order valence-electron chi connectivity index (χ1n) is 3.50. The molecule has 1 heterocycles. The van der Waals surface area contributed by atoms with Crippen LogP contribution >= 0.6 is 22.9 Å². The molecule has 0 amide bonds.